The lowest BCUT2D eigenvalue weighted by Gasteiger charge is -2.33. The summed E-state index contributed by atoms with van der Waals surface area (Å²) in [6.07, 6.45) is 3.61. The molecule has 1 aromatic carbocycles. The van der Waals surface area contributed by atoms with Gasteiger partial charge in [0.15, 0.2) is 5.75 Å². The van der Waals surface area contributed by atoms with Gasteiger partial charge in [-0.1, -0.05) is 15.9 Å². The molecular formula is C17H17BrN2O2. The maximum Gasteiger partial charge on any atom is 0.205 e. The molecule has 4 nitrogen and oxygen atoms in total. The molecule has 5 heteroatoms. The molecule has 0 amide bonds. The summed E-state index contributed by atoms with van der Waals surface area (Å²) in [6.45, 7) is 6.24. The summed E-state index contributed by atoms with van der Waals surface area (Å²) in [5.74, 6) is 0.178. The van der Waals surface area contributed by atoms with Crippen molar-refractivity contribution in [2.24, 2.45) is 4.99 Å². The first-order valence-corrected chi connectivity index (χ1v) is 7.85. The van der Waals surface area contributed by atoms with E-state index in [1.54, 1.807) is 6.21 Å². The molecule has 114 valence electrons. The third-order valence-corrected chi connectivity index (χ3v) is 3.97. The number of fused-ring (bicyclic) bond motifs is 1. The topological polar surface area (TPSA) is 43.7 Å². The molecule has 0 saturated heterocycles. The first kappa shape index (κ1) is 15.2. The Morgan fingerprint density at radius 1 is 1.27 bits per heavy atom. The Kier molecular flexibility index (Phi) is 4.02. The Labute approximate surface area is 138 Å². The number of hydrogen-bond acceptors (Lipinski definition) is 4. The van der Waals surface area contributed by atoms with E-state index in [9.17, 15) is 0 Å². The molecular weight excluding hydrogens is 344 g/mol. The fourth-order valence-electron chi connectivity index (χ4n) is 2.24. The molecule has 0 radical (unpaired) electrons. The van der Waals surface area contributed by atoms with Gasteiger partial charge in [-0.15, -0.1) is 0 Å². The van der Waals surface area contributed by atoms with E-state index in [-0.39, 0.29) is 0 Å². The minimum atomic E-state index is -0.624. The molecule has 0 unspecified atom stereocenters. The van der Waals surface area contributed by atoms with E-state index < -0.39 is 5.79 Å². The molecule has 2 aromatic rings. The van der Waals surface area contributed by atoms with Crippen LogP contribution in [0.2, 0.25) is 0 Å². The minimum absolute atomic E-state index is 0.493. The summed E-state index contributed by atoms with van der Waals surface area (Å²) < 4.78 is 12.7. The molecule has 22 heavy (non-hydrogen) atoms. The molecule has 0 saturated carbocycles. The highest BCUT2D eigenvalue weighted by Gasteiger charge is 2.30. The van der Waals surface area contributed by atoms with E-state index in [0.717, 1.165) is 32.7 Å². The third kappa shape index (κ3) is 3.20. The second-order valence-electron chi connectivity index (χ2n) is 5.63. The lowest BCUT2D eigenvalue weighted by atomic mass is 10.1. The van der Waals surface area contributed by atoms with Gasteiger partial charge in [0.1, 0.15) is 0 Å². The van der Waals surface area contributed by atoms with Crippen molar-refractivity contribution in [1.82, 2.24) is 4.98 Å². The second kappa shape index (κ2) is 5.82. The van der Waals surface area contributed by atoms with Crippen molar-refractivity contribution in [3.05, 3.63) is 51.8 Å². The fraction of sp³-hybridized carbons (Fsp3) is 0.294. The number of rotatable bonds is 2. The first-order valence-electron chi connectivity index (χ1n) is 7.06. The summed E-state index contributed by atoms with van der Waals surface area (Å²) in [4.78, 5) is 8.90. The Morgan fingerprint density at radius 2 is 2.00 bits per heavy atom. The molecule has 0 atom stereocenters. The van der Waals surface area contributed by atoms with Crippen molar-refractivity contribution in [3.8, 4) is 5.75 Å². The zero-order chi connectivity index (χ0) is 15.7. The molecule has 0 fully saturated rings. The van der Waals surface area contributed by atoms with Crippen LogP contribution in [-0.4, -0.2) is 17.0 Å². The van der Waals surface area contributed by atoms with Crippen molar-refractivity contribution < 1.29 is 9.47 Å². The predicted molar refractivity (Wildman–Crippen MR) is 89.9 cm³/mol. The van der Waals surface area contributed by atoms with Gasteiger partial charge in [-0.2, -0.15) is 0 Å². The van der Waals surface area contributed by atoms with E-state index in [4.69, 9.17) is 9.47 Å². The molecule has 0 spiro atoms. The quantitative estimate of drug-likeness (QED) is 0.738. The Hall–Kier alpha value is -1.72. The summed E-state index contributed by atoms with van der Waals surface area (Å²) in [7, 11) is 0. The number of halogens is 1. The number of benzene rings is 1. The number of aryl methyl sites for hydroxylation is 1. The normalized spacial score (nSPS) is 16.4. The first-order chi connectivity index (χ1) is 10.4. The van der Waals surface area contributed by atoms with Crippen LogP contribution in [0.5, 0.6) is 5.75 Å². The minimum Gasteiger partial charge on any atom is -0.461 e. The Morgan fingerprint density at radius 3 is 2.73 bits per heavy atom. The van der Waals surface area contributed by atoms with E-state index in [2.05, 4.69) is 25.9 Å². The molecule has 0 aliphatic carbocycles. The number of pyridine rings is 1. The summed E-state index contributed by atoms with van der Waals surface area (Å²) in [5.41, 5.74) is 3.66. The fourth-order valence-corrected chi connectivity index (χ4v) is 2.50. The zero-order valence-corrected chi connectivity index (χ0v) is 14.3. The Bertz CT molecular complexity index is 724. The highest BCUT2D eigenvalue weighted by Crippen LogP contribution is 2.34. The van der Waals surface area contributed by atoms with Gasteiger partial charge in [-0.05, 0) is 31.2 Å². The smallest absolute Gasteiger partial charge is 0.205 e. The number of aromatic nitrogens is 1. The van der Waals surface area contributed by atoms with Gasteiger partial charge in [0, 0.05) is 41.9 Å². The number of ether oxygens (including phenoxy) is 2. The number of hydrogen-bond donors (Lipinski definition) is 0. The van der Waals surface area contributed by atoms with Crippen molar-refractivity contribution in [2.45, 2.75) is 33.2 Å². The van der Waals surface area contributed by atoms with Crippen LogP contribution in [0.3, 0.4) is 0 Å². The van der Waals surface area contributed by atoms with Gasteiger partial charge in [0.05, 0.1) is 18.0 Å². The summed E-state index contributed by atoms with van der Waals surface area (Å²) >= 11 is 3.41. The SMILES string of the molecule is Cc1ncc(/C=N/c2ccc(Br)cc2)c2c1OC(C)(C)OC2. The largest absolute Gasteiger partial charge is 0.461 e. The van der Waals surface area contributed by atoms with Gasteiger partial charge in [-0.25, -0.2) is 0 Å². The maximum atomic E-state index is 5.91. The van der Waals surface area contributed by atoms with Crippen LogP contribution in [0.25, 0.3) is 0 Å². The molecule has 0 N–H and O–H groups in total. The monoisotopic (exact) mass is 360 g/mol. The van der Waals surface area contributed by atoms with Crippen molar-refractivity contribution in [2.75, 3.05) is 0 Å². The lowest BCUT2D eigenvalue weighted by molar-refractivity contribution is -0.180. The van der Waals surface area contributed by atoms with Crippen LogP contribution in [0, 0.1) is 6.92 Å². The molecule has 1 aromatic heterocycles. The van der Waals surface area contributed by atoms with Crippen LogP contribution in [0.15, 0.2) is 39.9 Å². The van der Waals surface area contributed by atoms with Crippen LogP contribution >= 0.6 is 15.9 Å². The van der Waals surface area contributed by atoms with E-state index in [1.165, 1.54) is 0 Å². The molecule has 2 heterocycles. The average Bonchev–Trinajstić information content (AvgIpc) is 2.48. The van der Waals surface area contributed by atoms with Gasteiger partial charge >= 0.3 is 0 Å². The van der Waals surface area contributed by atoms with Crippen molar-refractivity contribution >= 4 is 27.8 Å². The highest BCUT2D eigenvalue weighted by atomic mass is 79.9. The molecule has 3 rings (SSSR count). The van der Waals surface area contributed by atoms with Crippen molar-refractivity contribution in [1.29, 1.82) is 0 Å². The van der Waals surface area contributed by atoms with Gasteiger partial charge < -0.3 is 9.47 Å². The zero-order valence-electron chi connectivity index (χ0n) is 12.8. The third-order valence-electron chi connectivity index (χ3n) is 3.44. The van der Waals surface area contributed by atoms with Crippen LogP contribution in [0.4, 0.5) is 5.69 Å². The van der Waals surface area contributed by atoms with Gasteiger partial charge in [0.25, 0.3) is 0 Å². The second-order valence-corrected chi connectivity index (χ2v) is 6.55. The molecule has 0 bridgehead atoms. The van der Waals surface area contributed by atoms with E-state index in [1.807, 2.05) is 51.2 Å². The van der Waals surface area contributed by atoms with Crippen LogP contribution < -0.4 is 4.74 Å². The van der Waals surface area contributed by atoms with Crippen LogP contribution in [-0.2, 0) is 11.3 Å². The predicted octanol–water partition coefficient (Wildman–Crippen LogP) is 4.55. The van der Waals surface area contributed by atoms with Crippen molar-refractivity contribution in [3.63, 3.8) is 0 Å². The number of aliphatic imine (C=N–C) groups is 1. The lowest BCUT2D eigenvalue weighted by Crippen LogP contribution is -2.36. The summed E-state index contributed by atoms with van der Waals surface area (Å²) in [5, 5.41) is 0. The Balaban J connectivity index is 1.94. The van der Waals surface area contributed by atoms with Gasteiger partial charge in [-0.3, -0.25) is 9.98 Å². The van der Waals surface area contributed by atoms with Gasteiger partial charge in [0.2, 0.25) is 5.79 Å². The average molecular weight is 361 g/mol. The maximum absolute atomic E-state index is 5.91. The highest BCUT2D eigenvalue weighted by molar-refractivity contribution is 9.10. The van der Waals surface area contributed by atoms with Crippen LogP contribution in [0.1, 0.15) is 30.7 Å². The molecule has 1 aliphatic rings. The standard InChI is InChI=1S/C17H17BrN2O2/c1-11-16-15(10-21-17(2,3)22-16)12(8-19-11)9-20-14-6-4-13(18)5-7-14/h4-9H,10H2,1-3H3/b20-9+. The van der Waals surface area contributed by atoms with E-state index >= 15 is 0 Å². The van der Waals surface area contributed by atoms with E-state index in [0.29, 0.717) is 6.61 Å². The number of nitrogens with zero attached hydrogens (tertiary/aromatic N) is 2. The summed E-state index contributed by atoms with van der Waals surface area (Å²) in [6, 6.07) is 7.82. The molecule has 1 aliphatic heterocycles.